The molecule has 4 heteroatoms. The molecular weight excluding hydrogens is 312 g/mol. The molecule has 3 aromatic rings. The zero-order valence-corrected chi connectivity index (χ0v) is 11.6. The maximum atomic E-state index is 5.98. The molecule has 18 heavy (non-hydrogen) atoms. The highest BCUT2D eigenvalue weighted by atomic mass is 79.9. The fourth-order valence-electron chi connectivity index (χ4n) is 1.90. The third-order valence-corrected chi connectivity index (χ3v) is 3.34. The lowest BCUT2D eigenvalue weighted by atomic mass is 10.1. The van der Waals surface area contributed by atoms with E-state index in [4.69, 9.17) is 11.6 Å². The van der Waals surface area contributed by atoms with E-state index in [9.17, 15) is 0 Å². The summed E-state index contributed by atoms with van der Waals surface area (Å²) in [4.78, 5) is 8.57. The second kappa shape index (κ2) is 4.67. The Morgan fingerprint density at radius 2 is 1.78 bits per heavy atom. The fraction of sp³-hybridized carbons (Fsp3) is 0. The highest BCUT2D eigenvalue weighted by Crippen LogP contribution is 2.28. The Morgan fingerprint density at radius 3 is 2.61 bits per heavy atom. The van der Waals surface area contributed by atoms with E-state index in [-0.39, 0.29) is 5.28 Å². The summed E-state index contributed by atoms with van der Waals surface area (Å²) in [5.41, 5.74) is 2.73. The molecule has 0 aliphatic carbocycles. The van der Waals surface area contributed by atoms with Gasteiger partial charge in [0, 0.05) is 15.4 Å². The molecule has 0 amide bonds. The Morgan fingerprint density at radius 1 is 0.944 bits per heavy atom. The number of hydrogen-bond donors (Lipinski definition) is 0. The van der Waals surface area contributed by atoms with Gasteiger partial charge in [-0.25, -0.2) is 9.97 Å². The van der Waals surface area contributed by atoms with Crippen molar-refractivity contribution in [2.24, 2.45) is 0 Å². The van der Waals surface area contributed by atoms with Crippen LogP contribution in [-0.4, -0.2) is 9.97 Å². The van der Waals surface area contributed by atoms with E-state index in [0.29, 0.717) is 0 Å². The van der Waals surface area contributed by atoms with Gasteiger partial charge in [0.1, 0.15) is 0 Å². The monoisotopic (exact) mass is 318 g/mol. The summed E-state index contributed by atoms with van der Waals surface area (Å²) < 4.78 is 1.01. The van der Waals surface area contributed by atoms with Crippen molar-refractivity contribution in [2.75, 3.05) is 0 Å². The second-order valence-electron chi connectivity index (χ2n) is 3.87. The van der Waals surface area contributed by atoms with E-state index in [0.717, 1.165) is 26.6 Å². The number of benzene rings is 2. The Bertz CT molecular complexity index is 728. The van der Waals surface area contributed by atoms with E-state index in [2.05, 4.69) is 25.9 Å². The molecule has 0 saturated carbocycles. The lowest BCUT2D eigenvalue weighted by Gasteiger charge is -2.06. The number of nitrogens with zero attached hydrogens (tertiary/aromatic N) is 2. The molecule has 0 aliphatic heterocycles. The smallest absolute Gasteiger partial charge is 0.218 e. The van der Waals surface area contributed by atoms with Crippen molar-refractivity contribution >= 4 is 38.4 Å². The van der Waals surface area contributed by atoms with Crippen LogP contribution in [0.25, 0.3) is 22.2 Å². The van der Waals surface area contributed by atoms with Crippen LogP contribution in [0.4, 0.5) is 0 Å². The van der Waals surface area contributed by atoms with Gasteiger partial charge in [0.25, 0.3) is 0 Å². The molecule has 1 aromatic heterocycles. The molecule has 1 heterocycles. The van der Waals surface area contributed by atoms with Crippen LogP contribution in [0, 0.1) is 0 Å². The molecular formula is C14H8BrClN2. The van der Waals surface area contributed by atoms with Crippen LogP contribution >= 0.6 is 27.5 Å². The minimum absolute atomic E-state index is 0.267. The van der Waals surface area contributed by atoms with Gasteiger partial charge in [-0.2, -0.15) is 0 Å². The summed E-state index contributed by atoms with van der Waals surface area (Å²) in [6.07, 6.45) is 0. The summed E-state index contributed by atoms with van der Waals surface area (Å²) in [7, 11) is 0. The average molecular weight is 320 g/mol. The lowest BCUT2D eigenvalue weighted by molar-refractivity contribution is 1.22. The summed E-state index contributed by atoms with van der Waals surface area (Å²) in [5.74, 6) is 0. The van der Waals surface area contributed by atoms with Crippen molar-refractivity contribution < 1.29 is 0 Å². The first kappa shape index (κ1) is 11.6. The number of rotatable bonds is 1. The minimum atomic E-state index is 0.267. The third-order valence-electron chi connectivity index (χ3n) is 2.67. The molecule has 2 aromatic carbocycles. The number of para-hydroxylation sites is 1. The van der Waals surface area contributed by atoms with E-state index >= 15 is 0 Å². The van der Waals surface area contributed by atoms with Crippen molar-refractivity contribution in [3.05, 3.63) is 58.3 Å². The van der Waals surface area contributed by atoms with E-state index in [1.165, 1.54) is 0 Å². The molecule has 2 nitrogen and oxygen atoms in total. The number of aromatic nitrogens is 2. The van der Waals surface area contributed by atoms with Gasteiger partial charge in [-0.1, -0.05) is 46.3 Å². The van der Waals surface area contributed by atoms with Crippen LogP contribution in [0.1, 0.15) is 0 Å². The molecule has 0 N–H and O–H groups in total. The lowest BCUT2D eigenvalue weighted by Crippen LogP contribution is -1.90. The molecule has 0 bridgehead atoms. The van der Waals surface area contributed by atoms with Gasteiger partial charge in [-0.05, 0) is 29.8 Å². The summed E-state index contributed by atoms with van der Waals surface area (Å²) in [6.45, 7) is 0. The Hall–Kier alpha value is -1.45. The molecule has 0 radical (unpaired) electrons. The predicted molar refractivity (Wildman–Crippen MR) is 77.7 cm³/mol. The zero-order valence-electron chi connectivity index (χ0n) is 9.27. The van der Waals surface area contributed by atoms with Crippen molar-refractivity contribution in [3.63, 3.8) is 0 Å². The first-order chi connectivity index (χ1) is 8.74. The molecule has 0 spiro atoms. The number of hydrogen-bond acceptors (Lipinski definition) is 2. The van der Waals surface area contributed by atoms with Gasteiger partial charge in [0.15, 0.2) is 0 Å². The van der Waals surface area contributed by atoms with Crippen molar-refractivity contribution in [1.29, 1.82) is 0 Å². The van der Waals surface area contributed by atoms with Gasteiger partial charge in [-0.15, -0.1) is 0 Å². The van der Waals surface area contributed by atoms with E-state index in [1.807, 2.05) is 48.5 Å². The number of halogens is 2. The van der Waals surface area contributed by atoms with Crippen LogP contribution < -0.4 is 0 Å². The summed E-state index contributed by atoms with van der Waals surface area (Å²) in [6, 6.07) is 15.8. The third kappa shape index (κ3) is 2.11. The Labute approximate surface area is 118 Å². The van der Waals surface area contributed by atoms with Crippen LogP contribution in [-0.2, 0) is 0 Å². The molecule has 0 saturated heterocycles. The van der Waals surface area contributed by atoms with Gasteiger partial charge in [0.2, 0.25) is 5.28 Å². The zero-order chi connectivity index (χ0) is 12.5. The molecule has 3 rings (SSSR count). The predicted octanol–water partition coefficient (Wildman–Crippen LogP) is 4.71. The fourth-order valence-corrected chi connectivity index (χ4v) is 2.48. The standard InChI is InChI=1S/C14H8BrClN2/c15-10-5-3-4-9(8-10)13-11-6-1-2-7-12(11)17-14(16)18-13/h1-8H. The van der Waals surface area contributed by atoms with Gasteiger partial charge in [0.05, 0.1) is 11.2 Å². The molecule has 88 valence electrons. The first-order valence-electron chi connectivity index (χ1n) is 5.42. The van der Waals surface area contributed by atoms with Crippen molar-refractivity contribution in [2.45, 2.75) is 0 Å². The average Bonchev–Trinajstić information content (AvgIpc) is 2.37. The highest BCUT2D eigenvalue weighted by molar-refractivity contribution is 9.10. The molecule has 0 atom stereocenters. The van der Waals surface area contributed by atoms with Crippen molar-refractivity contribution in [3.8, 4) is 11.3 Å². The largest absolute Gasteiger partial charge is 0.223 e. The molecule has 0 fully saturated rings. The Balaban J connectivity index is 2.34. The van der Waals surface area contributed by atoms with Crippen LogP contribution in [0.3, 0.4) is 0 Å². The van der Waals surface area contributed by atoms with Gasteiger partial charge >= 0.3 is 0 Å². The van der Waals surface area contributed by atoms with Crippen LogP contribution in [0.15, 0.2) is 53.0 Å². The molecule has 0 aliphatic rings. The van der Waals surface area contributed by atoms with Crippen molar-refractivity contribution in [1.82, 2.24) is 9.97 Å². The first-order valence-corrected chi connectivity index (χ1v) is 6.59. The van der Waals surface area contributed by atoms with Crippen LogP contribution in [0.5, 0.6) is 0 Å². The topological polar surface area (TPSA) is 25.8 Å². The maximum absolute atomic E-state index is 5.98. The van der Waals surface area contributed by atoms with E-state index < -0.39 is 0 Å². The summed E-state index contributed by atoms with van der Waals surface area (Å²) in [5, 5.41) is 1.27. The SMILES string of the molecule is Clc1nc(-c2cccc(Br)c2)c2ccccc2n1. The van der Waals surface area contributed by atoms with Crippen LogP contribution in [0.2, 0.25) is 5.28 Å². The van der Waals surface area contributed by atoms with Gasteiger partial charge in [-0.3, -0.25) is 0 Å². The second-order valence-corrected chi connectivity index (χ2v) is 5.12. The Kier molecular flexibility index (Phi) is 3.02. The van der Waals surface area contributed by atoms with E-state index in [1.54, 1.807) is 0 Å². The summed E-state index contributed by atoms with van der Waals surface area (Å²) >= 11 is 9.45. The molecule has 0 unspecified atom stereocenters. The maximum Gasteiger partial charge on any atom is 0.223 e. The normalized spacial score (nSPS) is 10.8. The number of fused-ring (bicyclic) bond motifs is 1. The minimum Gasteiger partial charge on any atom is -0.218 e. The quantitative estimate of drug-likeness (QED) is 0.607. The highest BCUT2D eigenvalue weighted by Gasteiger charge is 2.08. The van der Waals surface area contributed by atoms with Gasteiger partial charge < -0.3 is 0 Å².